The number of urea groups is 1. The van der Waals surface area contributed by atoms with E-state index in [1.165, 1.54) is 12.0 Å². The van der Waals surface area contributed by atoms with Crippen molar-refractivity contribution in [1.82, 2.24) is 4.90 Å². The SMILES string of the molecule is COc1c(Cl)cccc1NC(=O)N(CCO)Cc1ccsc1. The molecule has 7 heteroatoms. The summed E-state index contributed by atoms with van der Waals surface area (Å²) in [5.74, 6) is 0.414. The monoisotopic (exact) mass is 340 g/mol. The first-order valence-electron chi connectivity index (χ1n) is 6.66. The van der Waals surface area contributed by atoms with Crippen molar-refractivity contribution in [2.45, 2.75) is 6.54 Å². The molecule has 1 aromatic carbocycles. The maximum Gasteiger partial charge on any atom is 0.322 e. The Labute approximate surface area is 138 Å². The van der Waals surface area contributed by atoms with Crippen molar-refractivity contribution < 1.29 is 14.6 Å². The molecule has 0 fully saturated rings. The molecule has 2 amide bonds. The number of ether oxygens (including phenoxy) is 1. The molecule has 0 saturated carbocycles. The normalized spacial score (nSPS) is 10.3. The highest BCUT2D eigenvalue weighted by molar-refractivity contribution is 7.07. The predicted molar refractivity (Wildman–Crippen MR) is 88.8 cm³/mol. The summed E-state index contributed by atoms with van der Waals surface area (Å²) in [5, 5.41) is 16.3. The number of methoxy groups -OCH3 is 1. The van der Waals surface area contributed by atoms with E-state index in [1.54, 1.807) is 29.5 Å². The van der Waals surface area contributed by atoms with Gasteiger partial charge in [-0.2, -0.15) is 11.3 Å². The fourth-order valence-electron chi connectivity index (χ4n) is 1.99. The summed E-state index contributed by atoms with van der Waals surface area (Å²) >= 11 is 7.61. The number of anilines is 1. The lowest BCUT2D eigenvalue weighted by atomic mass is 10.3. The second-order valence-corrected chi connectivity index (χ2v) is 5.71. The highest BCUT2D eigenvalue weighted by Gasteiger charge is 2.16. The molecule has 1 aromatic heterocycles. The van der Waals surface area contributed by atoms with Crippen LogP contribution in [0, 0.1) is 0 Å². The summed E-state index contributed by atoms with van der Waals surface area (Å²) in [7, 11) is 1.49. The minimum absolute atomic E-state index is 0.107. The van der Waals surface area contributed by atoms with Gasteiger partial charge in [-0.3, -0.25) is 0 Å². The van der Waals surface area contributed by atoms with Gasteiger partial charge in [0.15, 0.2) is 5.75 Å². The number of hydrogen-bond donors (Lipinski definition) is 2. The van der Waals surface area contributed by atoms with E-state index in [2.05, 4.69) is 5.32 Å². The van der Waals surface area contributed by atoms with E-state index in [0.717, 1.165) is 5.56 Å². The van der Waals surface area contributed by atoms with Crippen molar-refractivity contribution in [2.24, 2.45) is 0 Å². The van der Waals surface area contributed by atoms with Crippen LogP contribution in [0.15, 0.2) is 35.0 Å². The van der Waals surface area contributed by atoms with Gasteiger partial charge >= 0.3 is 6.03 Å². The molecule has 1 heterocycles. The van der Waals surface area contributed by atoms with E-state index in [-0.39, 0.29) is 19.2 Å². The first kappa shape index (κ1) is 16.6. The summed E-state index contributed by atoms with van der Waals surface area (Å²) in [6, 6.07) is 6.76. The lowest BCUT2D eigenvalue weighted by Crippen LogP contribution is -2.36. The number of aliphatic hydroxyl groups is 1. The van der Waals surface area contributed by atoms with Crippen LogP contribution >= 0.6 is 22.9 Å². The molecule has 2 rings (SSSR count). The second kappa shape index (κ2) is 8.03. The number of thiophene rings is 1. The fourth-order valence-corrected chi connectivity index (χ4v) is 2.90. The van der Waals surface area contributed by atoms with Crippen LogP contribution in [0.2, 0.25) is 5.02 Å². The minimum atomic E-state index is -0.319. The molecule has 0 radical (unpaired) electrons. The number of rotatable bonds is 6. The molecule has 0 atom stereocenters. The highest BCUT2D eigenvalue weighted by atomic mass is 35.5. The van der Waals surface area contributed by atoms with Crippen LogP contribution in [-0.4, -0.2) is 36.3 Å². The fraction of sp³-hybridized carbons (Fsp3) is 0.267. The molecular formula is C15H17ClN2O3S. The predicted octanol–water partition coefficient (Wildman–Crippen LogP) is 3.44. The first-order chi connectivity index (χ1) is 10.7. The summed E-state index contributed by atoms with van der Waals surface area (Å²) < 4.78 is 5.21. The van der Waals surface area contributed by atoms with Crippen molar-refractivity contribution >= 4 is 34.7 Å². The van der Waals surface area contributed by atoms with E-state index in [1.807, 2.05) is 16.8 Å². The van der Waals surface area contributed by atoms with Gasteiger partial charge in [0.2, 0.25) is 0 Å². The molecule has 0 bridgehead atoms. The zero-order valence-corrected chi connectivity index (χ0v) is 13.7. The third-order valence-electron chi connectivity index (χ3n) is 3.02. The standard InChI is InChI=1S/C15H17ClN2O3S/c1-21-14-12(16)3-2-4-13(14)17-15(20)18(6-7-19)9-11-5-8-22-10-11/h2-5,8,10,19H,6-7,9H2,1H3,(H,17,20). The van der Waals surface area contributed by atoms with Crippen LogP contribution in [0.25, 0.3) is 0 Å². The number of benzene rings is 1. The van der Waals surface area contributed by atoms with Gasteiger partial charge < -0.3 is 20.1 Å². The summed E-state index contributed by atoms with van der Waals surface area (Å²) in [5.41, 5.74) is 1.51. The Kier molecular flexibility index (Phi) is 6.06. The molecule has 0 spiro atoms. The van der Waals surface area contributed by atoms with E-state index < -0.39 is 0 Å². The Hall–Kier alpha value is -1.76. The summed E-state index contributed by atoms with van der Waals surface area (Å²) in [4.78, 5) is 13.9. The van der Waals surface area contributed by atoms with Gasteiger partial charge in [-0.05, 0) is 34.5 Å². The second-order valence-electron chi connectivity index (χ2n) is 4.53. The van der Waals surface area contributed by atoms with Crippen LogP contribution in [0.1, 0.15) is 5.56 Å². The van der Waals surface area contributed by atoms with Gasteiger partial charge in [0.25, 0.3) is 0 Å². The van der Waals surface area contributed by atoms with Crippen molar-refractivity contribution in [3.8, 4) is 5.75 Å². The smallest absolute Gasteiger partial charge is 0.322 e. The molecule has 118 valence electrons. The van der Waals surface area contributed by atoms with Crippen LogP contribution in [-0.2, 0) is 6.54 Å². The number of carbonyl (C=O) groups excluding carboxylic acids is 1. The Morgan fingerprint density at radius 2 is 2.27 bits per heavy atom. The Bertz CT molecular complexity index is 619. The average Bonchev–Trinajstić information content (AvgIpc) is 3.00. The summed E-state index contributed by atoms with van der Waals surface area (Å²) in [6.45, 7) is 0.563. The lowest BCUT2D eigenvalue weighted by Gasteiger charge is -2.22. The van der Waals surface area contributed by atoms with Crippen LogP contribution in [0.5, 0.6) is 5.75 Å². The third kappa shape index (κ3) is 4.13. The molecule has 0 aliphatic rings. The van der Waals surface area contributed by atoms with E-state index in [9.17, 15) is 4.79 Å². The zero-order valence-electron chi connectivity index (χ0n) is 12.1. The zero-order chi connectivity index (χ0) is 15.9. The lowest BCUT2D eigenvalue weighted by molar-refractivity contribution is 0.185. The average molecular weight is 341 g/mol. The Morgan fingerprint density at radius 1 is 1.45 bits per heavy atom. The molecule has 22 heavy (non-hydrogen) atoms. The molecule has 5 nitrogen and oxygen atoms in total. The first-order valence-corrected chi connectivity index (χ1v) is 7.98. The van der Waals surface area contributed by atoms with Gasteiger partial charge in [-0.15, -0.1) is 0 Å². The van der Waals surface area contributed by atoms with E-state index in [4.69, 9.17) is 21.4 Å². The Morgan fingerprint density at radius 3 is 2.91 bits per heavy atom. The van der Waals surface area contributed by atoms with Crippen molar-refractivity contribution in [3.63, 3.8) is 0 Å². The van der Waals surface area contributed by atoms with Gasteiger partial charge in [-0.1, -0.05) is 17.7 Å². The van der Waals surface area contributed by atoms with Gasteiger partial charge in [0.1, 0.15) is 0 Å². The number of nitrogens with zero attached hydrogens (tertiary/aromatic N) is 1. The molecular weight excluding hydrogens is 324 g/mol. The number of hydrogen-bond acceptors (Lipinski definition) is 4. The molecule has 0 saturated heterocycles. The number of amides is 2. The van der Waals surface area contributed by atoms with Crippen LogP contribution in [0.3, 0.4) is 0 Å². The van der Waals surface area contributed by atoms with E-state index >= 15 is 0 Å². The number of nitrogens with one attached hydrogen (secondary N) is 1. The quantitative estimate of drug-likeness (QED) is 0.846. The molecule has 0 aliphatic heterocycles. The number of halogens is 1. The van der Waals surface area contributed by atoms with Gasteiger partial charge in [0, 0.05) is 13.1 Å². The largest absolute Gasteiger partial charge is 0.493 e. The highest BCUT2D eigenvalue weighted by Crippen LogP contribution is 2.32. The maximum atomic E-state index is 12.4. The van der Waals surface area contributed by atoms with Crippen molar-refractivity contribution in [1.29, 1.82) is 0 Å². The molecule has 0 aliphatic carbocycles. The number of para-hydroxylation sites is 1. The third-order valence-corrected chi connectivity index (χ3v) is 4.05. The van der Waals surface area contributed by atoms with Gasteiger partial charge in [0.05, 0.1) is 24.4 Å². The topological polar surface area (TPSA) is 61.8 Å². The minimum Gasteiger partial charge on any atom is -0.493 e. The summed E-state index contributed by atoms with van der Waals surface area (Å²) in [6.07, 6.45) is 0. The van der Waals surface area contributed by atoms with Crippen molar-refractivity contribution in [3.05, 3.63) is 45.6 Å². The number of aliphatic hydroxyl groups excluding tert-OH is 1. The Balaban J connectivity index is 2.12. The molecule has 2 N–H and O–H groups in total. The number of carbonyl (C=O) groups is 1. The van der Waals surface area contributed by atoms with Crippen LogP contribution in [0.4, 0.5) is 10.5 Å². The van der Waals surface area contributed by atoms with Crippen LogP contribution < -0.4 is 10.1 Å². The van der Waals surface area contributed by atoms with Gasteiger partial charge in [-0.25, -0.2) is 4.79 Å². The molecule has 0 unspecified atom stereocenters. The molecule has 2 aromatic rings. The van der Waals surface area contributed by atoms with E-state index in [0.29, 0.717) is 23.0 Å². The maximum absolute atomic E-state index is 12.4. The van der Waals surface area contributed by atoms with Crippen molar-refractivity contribution in [2.75, 3.05) is 25.6 Å².